The summed E-state index contributed by atoms with van der Waals surface area (Å²) in [5.74, 6) is 1.81. The van der Waals surface area contributed by atoms with E-state index in [9.17, 15) is 0 Å². The van der Waals surface area contributed by atoms with Crippen molar-refractivity contribution in [1.29, 1.82) is 0 Å². The van der Waals surface area contributed by atoms with E-state index in [1.807, 2.05) is 0 Å². The van der Waals surface area contributed by atoms with Crippen LogP contribution in [0.3, 0.4) is 0 Å². The van der Waals surface area contributed by atoms with E-state index in [2.05, 4.69) is 43.6 Å². The topological polar surface area (TPSA) is 21.3 Å². The molecule has 1 unspecified atom stereocenters. The van der Waals surface area contributed by atoms with E-state index in [1.165, 1.54) is 50.5 Å². The van der Waals surface area contributed by atoms with Crippen LogP contribution in [0.15, 0.2) is 24.3 Å². The highest BCUT2D eigenvalue weighted by atomic mass is 16.5. The van der Waals surface area contributed by atoms with Crippen LogP contribution in [0.25, 0.3) is 0 Å². The molecule has 21 heavy (non-hydrogen) atoms. The second-order valence-electron chi connectivity index (χ2n) is 6.26. The summed E-state index contributed by atoms with van der Waals surface area (Å²) < 4.78 is 5.98. The Morgan fingerprint density at radius 3 is 2.43 bits per heavy atom. The second kappa shape index (κ2) is 9.09. The molecule has 0 aliphatic heterocycles. The van der Waals surface area contributed by atoms with E-state index in [4.69, 9.17) is 4.74 Å². The zero-order chi connectivity index (χ0) is 14.9. The van der Waals surface area contributed by atoms with Gasteiger partial charge in [-0.3, -0.25) is 0 Å². The first-order chi connectivity index (χ1) is 10.4. The minimum atomic E-state index is 0.427. The van der Waals surface area contributed by atoms with Crippen molar-refractivity contribution in [3.63, 3.8) is 0 Å². The van der Waals surface area contributed by atoms with Crippen LogP contribution >= 0.6 is 0 Å². The standard InChI is InChI=1S/C19H31NO/c1-3-15-21-18-14-10-9-13-17(18)19(20-2)16-11-7-5-4-6-8-12-16/h9-10,13-14,16,19-20H,3-8,11-12,15H2,1-2H3. The number of para-hydroxylation sites is 1. The van der Waals surface area contributed by atoms with Gasteiger partial charge in [0.25, 0.3) is 0 Å². The van der Waals surface area contributed by atoms with Gasteiger partial charge in [0.05, 0.1) is 6.61 Å². The van der Waals surface area contributed by atoms with E-state index >= 15 is 0 Å². The fourth-order valence-corrected chi connectivity index (χ4v) is 3.55. The molecule has 0 bridgehead atoms. The molecule has 2 rings (SSSR count). The highest BCUT2D eigenvalue weighted by Gasteiger charge is 2.24. The molecule has 0 saturated heterocycles. The molecule has 118 valence electrons. The molecule has 1 fully saturated rings. The van der Waals surface area contributed by atoms with Gasteiger partial charge in [-0.2, -0.15) is 0 Å². The molecule has 1 aromatic rings. The molecule has 0 amide bonds. The zero-order valence-corrected chi connectivity index (χ0v) is 13.7. The summed E-state index contributed by atoms with van der Waals surface area (Å²) in [4.78, 5) is 0. The summed E-state index contributed by atoms with van der Waals surface area (Å²) in [7, 11) is 2.10. The van der Waals surface area contributed by atoms with Crippen LogP contribution in [-0.4, -0.2) is 13.7 Å². The van der Waals surface area contributed by atoms with Crippen molar-refractivity contribution >= 4 is 0 Å². The van der Waals surface area contributed by atoms with Crippen molar-refractivity contribution < 1.29 is 4.74 Å². The third-order valence-corrected chi connectivity index (χ3v) is 4.65. The average Bonchev–Trinajstić information content (AvgIpc) is 2.48. The molecule has 1 aliphatic rings. The van der Waals surface area contributed by atoms with Crippen molar-refractivity contribution in [2.75, 3.05) is 13.7 Å². The largest absolute Gasteiger partial charge is 0.493 e. The number of hydrogen-bond donors (Lipinski definition) is 1. The Morgan fingerprint density at radius 1 is 1.10 bits per heavy atom. The van der Waals surface area contributed by atoms with Gasteiger partial charge in [0.15, 0.2) is 0 Å². The van der Waals surface area contributed by atoms with Crippen LogP contribution in [0.1, 0.15) is 69.9 Å². The Kier molecular flexibility index (Phi) is 7.08. The first-order valence-electron chi connectivity index (χ1n) is 8.75. The number of nitrogens with one attached hydrogen (secondary N) is 1. The first kappa shape index (κ1) is 16.4. The molecule has 1 aliphatic carbocycles. The summed E-state index contributed by atoms with van der Waals surface area (Å²) >= 11 is 0. The van der Waals surface area contributed by atoms with Crippen LogP contribution in [0, 0.1) is 5.92 Å². The average molecular weight is 289 g/mol. The number of benzene rings is 1. The van der Waals surface area contributed by atoms with Crippen molar-refractivity contribution in [1.82, 2.24) is 5.32 Å². The highest BCUT2D eigenvalue weighted by molar-refractivity contribution is 5.36. The summed E-state index contributed by atoms with van der Waals surface area (Å²) in [6.45, 7) is 2.96. The fourth-order valence-electron chi connectivity index (χ4n) is 3.55. The van der Waals surface area contributed by atoms with Crippen LogP contribution < -0.4 is 10.1 Å². The molecule has 0 spiro atoms. The van der Waals surface area contributed by atoms with E-state index in [-0.39, 0.29) is 0 Å². The van der Waals surface area contributed by atoms with Crippen molar-refractivity contribution in [3.8, 4) is 5.75 Å². The van der Waals surface area contributed by atoms with Gasteiger partial charge in [-0.15, -0.1) is 0 Å². The maximum atomic E-state index is 5.98. The van der Waals surface area contributed by atoms with Crippen LogP contribution in [-0.2, 0) is 0 Å². The highest BCUT2D eigenvalue weighted by Crippen LogP contribution is 2.36. The van der Waals surface area contributed by atoms with Gasteiger partial charge >= 0.3 is 0 Å². The van der Waals surface area contributed by atoms with Gasteiger partial charge in [0.2, 0.25) is 0 Å². The lowest BCUT2D eigenvalue weighted by molar-refractivity contribution is 0.277. The SMILES string of the molecule is CCCOc1ccccc1C(NC)C1CCCCCCC1. The monoisotopic (exact) mass is 289 g/mol. The summed E-state index contributed by atoms with van der Waals surface area (Å²) in [6.07, 6.45) is 10.7. The molecular weight excluding hydrogens is 258 g/mol. The third kappa shape index (κ3) is 4.74. The van der Waals surface area contributed by atoms with Crippen LogP contribution in [0.2, 0.25) is 0 Å². The molecule has 1 aromatic carbocycles. The zero-order valence-electron chi connectivity index (χ0n) is 13.7. The number of rotatable bonds is 6. The van der Waals surface area contributed by atoms with E-state index in [0.29, 0.717) is 6.04 Å². The van der Waals surface area contributed by atoms with Crippen LogP contribution in [0.5, 0.6) is 5.75 Å². The Hall–Kier alpha value is -1.02. The Balaban J connectivity index is 2.14. The maximum absolute atomic E-state index is 5.98. The van der Waals surface area contributed by atoms with Gasteiger partial charge in [-0.1, -0.05) is 57.2 Å². The third-order valence-electron chi connectivity index (χ3n) is 4.65. The second-order valence-corrected chi connectivity index (χ2v) is 6.26. The summed E-state index contributed by atoms with van der Waals surface area (Å²) in [5, 5.41) is 3.57. The molecule has 1 atom stereocenters. The Morgan fingerprint density at radius 2 is 1.76 bits per heavy atom. The lowest BCUT2D eigenvalue weighted by atomic mass is 9.82. The predicted octanol–water partition coefficient (Wildman–Crippen LogP) is 5.10. The minimum Gasteiger partial charge on any atom is -0.493 e. The Bertz CT molecular complexity index is 396. The van der Waals surface area contributed by atoms with Gasteiger partial charge in [-0.25, -0.2) is 0 Å². The van der Waals surface area contributed by atoms with Crippen molar-refractivity contribution in [2.24, 2.45) is 5.92 Å². The molecular formula is C19H31NO. The number of hydrogen-bond acceptors (Lipinski definition) is 2. The summed E-state index contributed by atoms with van der Waals surface area (Å²) in [6, 6.07) is 9.01. The Labute approximate surface area is 130 Å². The molecule has 1 N–H and O–H groups in total. The van der Waals surface area contributed by atoms with Crippen molar-refractivity contribution in [2.45, 2.75) is 64.3 Å². The van der Waals surface area contributed by atoms with Gasteiger partial charge in [0.1, 0.15) is 5.75 Å². The lowest BCUT2D eigenvalue weighted by Crippen LogP contribution is -2.26. The summed E-state index contributed by atoms with van der Waals surface area (Å²) in [5.41, 5.74) is 1.35. The minimum absolute atomic E-state index is 0.427. The van der Waals surface area contributed by atoms with Gasteiger partial charge in [-0.05, 0) is 38.3 Å². The maximum Gasteiger partial charge on any atom is 0.124 e. The molecule has 2 heteroatoms. The molecule has 0 aromatic heterocycles. The molecule has 0 heterocycles. The van der Waals surface area contributed by atoms with Gasteiger partial charge in [0, 0.05) is 11.6 Å². The quantitative estimate of drug-likeness (QED) is 0.787. The van der Waals surface area contributed by atoms with Crippen LogP contribution in [0.4, 0.5) is 0 Å². The lowest BCUT2D eigenvalue weighted by Gasteiger charge is -2.30. The van der Waals surface area contributed by atoms with Gasteiger partial charge < -0.3 is 10.1 Å². The normalized spacial score (nSPS) is 18.8. The van der Waals surface area contributed by atoms with E-state index in [1.54, 1.807) is 0 Å². The number of ether oxygens (including phenoxy) is 1. The smallest absolute Gasteiger partial charge is 0.124 e. The first-order valence-corrected chi connectivity index (χ1v) is 8.75. The molecule has 1 saturated carbocycles. The van der Waals surface area contributed by atoms with Crippen molar-refractivity contribution in [3.05, 3.63) is 29.8 Å². The molecule has 2 nitrogen and oxygen atoms in total. The predicted molar refractivity (Wildman–Crippen MR) is 89.8 cm³/mol. The van der Waals surface area contributed by atoms with E-state index < -0.39 is 0 Å². The fraction of sp³-hybridized carbons (Fsp3) is 0.684. The van der Waals surface area contributed by atoms with E-state index in [0.717, 1.165) is 24.7 Å². The molecule has 0 radical (unpaired) electrons.